The van der Waals surface area contributed by atoms with E-state index in [9.17, 15) is 10.2 Å². The maximum Gasteiger partial charge on any atom is 0.489 e. The fraction of sp³-hybridized carbons (Fsp3) is 0. The van der Waals surface area contributed by atoms with Crippen LogP contribution in [0, 0.1) is 0 Å². The van der Waals surface area contributed by atoms with Crippen molar-refractivity contribution in [3.05, 3.63) is 211 Å². The van der Waals surface area contributed by atoms with Gasteiger partial charge in [0.25, 0.3) is 0 Å². The van der Waals surface area contributed by atoms with Gasteiger partial charge in [-0.05, 0) is 108 Å². The number of phenolic OH excluding ortho intramolecular Hbond substituents is 2. The van der Waals surface area contributed by atoms with Crippen molar-refractivity contribution in [1.82, 2.24) is 0 Å². The summed E-state index contributed by atoms with van der Waals surface area (Å²) in [6.07, 6.45) is 0. The normalized spacial score (nSPS) is 10.8. The predicted octanol–water partition coefficient (Wildman–Crippen LogP) is 12.5. The summed E-state index contributed by atoms with van der Waals surface area (Å²) >= 11 is 3.42. The summed E-state index contributed by atoms with van der Waals surface area (Å²) in [5.41, 5.74) is 7.23. The molecule has 0 aromatic heterocycles. The van der Waals surface area contributed by atoms with Gasteiger partial charge in [-0.25, -0.2) is 0 Å². The highest BCUT2D eigenvalue weighted by Gasteiger charge is 2.13. The Balaban J connectivity index is 0.000000131. The van der Waals surface area contributed by atoms with Gasteiger partial charge in [-0.1, -0.05) is 186 Å². The number of halogens is 1. The van der Waals surface area contributed by atoms with Gasteiger partial charge >= 0.3 is 7.12 Å². The van der Waals surface area contributed by atoms with Crippen molar-refractivity contribution in [3.63, 3.8) is 0 Å². The van der Waals surface area contributed by atoms with Crippen molar-refractivity contribution < 1.29 is 20.3 Å². The third-order valence-corrected chi connectivity index (χ3v) is 10.8. The average Bonchev–Trinajstić information content (AvgIpc) is 3.27. The standard InChI is InChI=1S/C26H18O.C16H11BrO.C10H9BO2/c27-26-17-22(16-21-7-2-4-10-25(21)26)18-12-14-20(15-13-18)24-11-5-8-19-6-1-3-9-23(19)24;17-14-7-5-11(6-8-14)13-9-12-3-1-2-4-15(12)16(18)10-13;12-11(13)10-7-3-5-8-4-1-2-6-9(8)10/h1-17,27H;1-10,18H;1-7,12-13H. The summed E-state index contributed by atoms with van der Waals surface area (Å²) in [6, 6.07) is 68.3. The van der Waals surface area contributed by atoms with Crippen LogP contribution >= 0.6 is 15.9 Å². The summed E-state index contributed by atoms with van der Waals surface area (Å²) in [4.78, 5) is 0. The Bertz CT molecular complexity index is 3010. The van der Waals surface area contributed by atoms with Crippen molar-refractivity contribution in [2.75, 3.05) is 0 Å². The molecule has 0 atom stereocenters. The molecule has 0 aliphatic heterocycles. The van der Waals surface area contributed by atoms with Gasteiger partial charge in [0.2, 0.25) is 0 Å². The van der Waals surface area contributed by atoms with Gasteiger partial charge in [0.15, 0.2) is 0 Å². The molecule has 10 aromatic rings. The fourth-order valence-electron chi connectivity index (χ4n) is 7.35. The van der Waals surface area contributed by atoms with Crippen LogP contribution in [0.25, 0.3) is 76.5 Å². The van der Waals surface area contributed by atoms with Crippen LogP contribution in [0.2, 0.25) is 0 Å². The van der Waals surface area contributed by atoms with Crippen LogP contribution in [0.5, 0.6) is 11.5 Å². The topological polar surface area (TPSA) is 80.9 Å². The van der Waals surface area contributed by atoms with Crippen LogP contribution in [-0.2, 0) is 0 Å². The van der Waals surface area contributed by atoms with Crippen molar-refractivity contribution in [2.24, 2.45) is 0 Å². The molecule has 0 radical (unpaired) electrons. The van der Waals surface area contributed by atoms with Crippen molar-refractivity contribution in [2.45, 2.75) is 0 Å². The number of benzene rings is 10. The lowest BCUT2D eigenvalue weighted by molar-refractivity contribution is 0.426. The second-order valence-corrected chi connectivity index (χ2v) is 14.9. The van der Waals surface area contributed by atoms with E-state index in [2.05, 4.69) is 94.8 Å². The van der Waals surface area contributed by atoms with Gasteiger partial charge in [-0.2, -0.15) is 0 Å². The lowest BCUT2D eigenvalue weighted by atomic mass is 9.77. The molecule has 4 N–H and O–H groups in total. The van der Waals surface area contributed by atoms with E-state index in [0.717, 1.165) is 59.0 Å². The molecule has 6 heteroatoms. The molecule has 58 heavy (non-hydrogen) atoms. The minimum Gasteiger partial charge on any atom is -0.507 e. The quantitative estimate of drug-likeness (QED) is 0.133. The van der Waals surface area contributed by atoms with E-state index in [4.69, 9.17) is 10.0 Å². The highest BCUT2D eigenvalue weighted by atomic mass is 79.9. The molecule has 0 saturated heterocycles. The van der Waals surface area contributed by atoms with E-state index in [1.54, 1.807) is 6.07 Å². The van der Waals surface area contributed by atoms with E-state index in [0.29, 0.717) is 17.0 Å². The SMILES string of the molecule is OB(O)c1cccc2ccccc12.Oc1cc(-c2ccc(-c3cccc4ccccc34)cc2)cc2ccccc12.Oc1cc(-c2ccc(Br)cc2)cc2ccccc12. The first kappa shape index (κ1) is 38.2. The van der Waals surface area contributed by atoms with Crippen molar-refractivity contribution in [3.8, 4) is 44.9 Å². The second kappa shape index (κ2) is 17.2. The summed E-state index contributed by atoms with van der Waals surface area (Å²) in [6.45, 7) is 0. The highest BCUT2D eigenvalue weighted by molar-refractivity contribution is 9.10. The van der Waals surface area contributed by atoms with Crippen LogP contribution in [0.4, 0.5) is 0 Å². The van der Waals surface area contributed by atoms with Crippen LogP contribution in [0.15, 0.2) is 211 Å². The molecule has 0 bridgehead atoms. The lowest BCUT2D eigenvalue weighted by Crippen LogP contribution is -2.30. The zero-order valence-corrected chi connectivity index (χ0v) is 33.0. The molecule has 280 valence electrons. The zero-order valence-electron chi connectivity index (χ0n) is 31.4. The summed E-state index contributed by atoms with van der Waals surface area (Å²) in [5.74, 6) is 0.646. The molecule has 10 rings (SSSR count). The molecular formula is C52H38BBrO4. The Morgan fingerprint density at radius 2 is 0.724 bits per heavy atom. The van der Waals surface area contributed by atoms with E-state index >= 15 is 0 Å². The fourth-order valence-corrected chi connectivity index (χ4v) is 7.62. The molecule has 0 spiro atoms. The molecule has 0 unspecified atom stereocenters. The number of hydrogen-bond acceptors (Lipinski definition) is 4. The van der Waals surface area contributed by atoms with Crippen molar-refractivity contribution >= 4 is 71.6 Å². The average molecular weight is 818 g/mol. The van der Waals surface area contributed by atoms with Gasteiger partial charge in [0, 0.05) is 15.2 Å². The number of fused-ring (bicyclic) bond motifs is 4. The lowest BCUT2D eigenvalue weighted by Gasteiger charge is -2.10. The molecule has 0 aliphatic carbocycles. The van der Waals surface area contributed by atoms with Gasteiger partial charge in [0.05, 0.1) is 0 Å². The Labute approximate surface area is 345 Å². The van der Waals surface area contributed by atoms with E-state index < -0.39 is 7.12 Å². The first-order chi connectivity index (χ1) is 28.3. The second-order valence-electron chi connectivity index (χ2n) is 14.0. The Morgan fingerprint density at radius 3 is 1.26 bits per heavy atom. The van der Waals surface area contributed by atoms with Crippen molar-refractivity contribution in [1.29, 1.82) is 0 Å². The van der Waals surface area contributed by atoms with Gasteiger partial charge < -0.3 is 20.3 Å². The molecule has 4 nitrogen and oxygen atoms in total. The minimum absolute atomic E-state index is 0.321. The Kier molecular flexibility index (Phi) is 11.3. The van der Waals surface area contributed by atoms with E-state index in [1.807, 2.05) is 121 Å². The molecule has 0 heterocycles. The van der Waals surface area contributed by atoms with Gasteiger partial charge in [0.1, 0.15) is 11.5 Å². The van der Waals surface area contributed by atoms with Gasteiger partial charge in [-0.15, -0.1) is 0 Å². The predicted molar refractivity (Wildman–Crippen MR) is 247 cm³/mol. The van der Waals surface area contributed by atoms with Crippen LogP contribution < -0.4 is 5.46 Å². The highest BCUT2D eigenvalue weighted by Crippen LogP contribution is 2.35. The molecule has 0 aliphatic rings. The minimum atomic E-state index is -1.40. The first-order valence-corrected chi connectivity index (χ1v) is 19.7. The molecule has 0 fully saturated rings. The van der Waals surface area contributed by atoms with Crippen LogP contribution in [-0.4, -0.2) is 27.4 Å². The smallest absolute Gasteiger partial charge is 0.489 e. The van der Waals surface area contributed by atoms with Crippen LogP contribution in [0.3, 0.4) is 0 Å². The summed E-state index contributed by atoms with van der Waals surface area (Å²) in [7, 11) is -1.40. The van der Waals surface area contributed by atoms with Gasteiger partial charge in [-0.3, -0.25) is 0 Å². The molecular weight excluding hydrogens is 779 g/mol. The molecule has 10 aromatic carbocycles. The maximum absolute atomic E-state index is 10.4. The van der Waals surface area contributed by atoms with E-state index in [1.165, 1.54) is 21.9 Å². The van der Waals surface area contributed by atoms with E-state index in [-0.39, 0.29) is 0 Å². The number of hydrogen-bond donors (Lipinski definition) is 4. The third kappa shape index (κ3) is 8.36. The molecule has 0 amide bonds. The molecule has 0 saturated carbocycles. The zero-order chi connectivity index (χ0) is 40.0. The number of aromatic hydroxyl groups is 2. The Hall–Kier alpha value is -6.70. The first-order valence-electron chi connectivity index (χ1n) is 18.9. The third-order valence-electron chi connectivity index (χ3n) is 10.3. The summed E-state index contributed by atoms with van der Waals surface area (Å²) in [5, 5.41) is 46.9. The number of phenols is 2. The Morgan fingerprint density at radius 1 is 0.328 bits per heavy atom. The summed E-state index contributed by atoms with van der Waals surface area (Å²) < 4.78 is 1.05. The van der Waals surface area contributed by atoms with Crippen LogP contribution in [0.1, 0.15) is 0 Å². The monoisotopic (exact) mass is 816 g/mol. The maximum atomic E-state index is 10.4. The largest absolute Gasteiger partial charge is 0.507 e. The number of rotatable bonds is 4.